The van der Waals surface area contributed by atoms with Crippen molar-refractivity contribution in [2.45, 2.75) is 6.92 Å². The van der Waals surface area contributed by atoms with E-state index in [1.54, 1.807) is 13.0 Å². The Morgan fingerprint density at radius 3 is 2.65 bits per heavy atom. The van der Waals surface area contributed by atoms with Crippen molar-refractivity contribution in [1.82, 2.24) is 0 Å². The maximum Gasteiger partial charge on any atom is 0.341 e. The lowest BCUT2D eigenvalue weighted by atomic mass is 10.1. The number of ether oxygens (including phenoxy) is 1. The number of anilines is 2. The maximum atomic E-state index is 12.4. The van der Waals surface area contributed by atoms with Crippen molar-refractivity contribution in [2.24, 2.45) is 0 Å². The summed E-state index contributed by atoms with van der Waals surface area (Å²) in [5, 5.41) is 15.7. The highest BCUT2D eigenvalue weighted by Crippen LogP contribution is 2.41. The number of nitro groups is 1. The highest BCUT2D eigenvalue weighted by Gasteiger charge is 2.23. The quantitative estimate of drug-likeness (QED) is 0.315. The summed E-state index contributed by atoms with van der Waals surface area (Å²) in [7, 11) is 0. The normalized spacial score (nSPS) is 10.7. The average molecular weight is 411 g/mol. The number of rotatable bonds is 5. The molecule has 0 atom stereocenters. The SMILES string of the molecule is CCOC(=O)c1c(Nc2cc(Cl)c(Cl)cc2[N+](=O)[O-])sc2ccccc12. The summed E-state index contributed by atoms with van der Waals surface area (Å²) in [6.07, 6.45) is 0. The van der Waals surface area contributed by atoms with Crippen LogP contribution >= 0.6 is 34.5 Å². The molecule has 0 bridgehead atoms. The van der Waals surface area contributed by atoms with Crippen molar-refractivity contribution in [3.8, 4) is 0 Å². The zero-order chi connectivity index (χ0) is 18.8. The summed E-state index contributed by atoms with van der Waals surface area (Å²) in [6, 6.07) is 9.84. The highest BCUT2D eigenvalue weighted by molar-refractivity contribution is 7.23. The summed E-state index contributed by atoms with van der Waals surface area (Å²) < 4.78 is 5.99. The Hall–Kier alpha value is -2.35. The van der Waals surface area contributed by atoms with Gasteiger partial charge in [0.1, 0.15) is 16.3 Å². The predicted molar refractivity (Wildman–Crippen MR) is 104 cm³/mol. The van der Waals surface area contributed by atoms with E-state index in [0.717, 1.165) is 4.70 Å². The number of carbonyl (C=O) groups excluding carboxylic acids is 1. The van der Waals surface area contributed by atoms with Crippen molar-refractivity contribution >= 4 is 67.0 Å². The zero-order valence-corrected chi connectivity index (χ0v) is 15.7. The Kier molecular flexibility index (Phi) is 5.31. The Labute approximate surface area is 162 Å². The molecule has 1 heterocycles. The Morgan fingerprint density at radius 1 is 1.27 bits per heavy atom. The van der Waals surface area contributed by atoms with Crippen molar-refractivity contribution < 1.29 is 14.5 Å². The third-order valence-electron chi connectivity index (χ3n) is 3.56. The van der Waals surface area contributed by atoms with Gasteiger partial charge in [0, 0.05) is 16.2 Å². The topological polar surface area (TPSA) is 81.5 Å². The van der Waals surface area contributed by atoms with Gasteiger partial charge in [-0.15, -0.1) is 11.3 Å². The minimum Gasteiger partial charge on any atom is -0.462 e. The lowest BCUT2D eigenvalue weighted by Crippen LogP contribution is -2.07. The van der Waals surface area contributed by atoms with E-state index in [1.807, 2.05) is 18.2 Å². The second-order valence-corrected chi connectivity index (χ2v) is 7.05. The van der Waals surface area contributed by atoms with Crippen molar-refractivity contribution in [1.29, 1.82) is 0 Å². The van der Waals surface area contributed by atoms with E-state index in [1.165, 1.54) is 23.5 Å². The van der Waals surface area contributed by atoms with Crippen LogP contribution in [0.15, 0.2) is 36.4 Å². The molecule has 0 spiro atoms. The van der Waals surface area contributed by atoms with Crippen LogP contribution in [0.1, 0.15) is 17.3 Å². The van der Waals surface area contributed by atoms with Crippen molar-refractivity contribution in [2.75, 3.05) is 11.9 Å². The number of nitro benzene ring substituents is 1. The number of nitrogens with zero attached hydrogens (tertiary/aromatic N) is 1. The summed E-state index contributed by atoms with van der Waals surface area (Å²) in [5.41, 5.74) is 0.223. The molecule has 9 heteroatoms. The molecule has 26 heavy (non-hydrogen) atoms. The molecule has 3 rings (SSSR count). The third kappa shape index (κ3) is 3.46. The first-order valence-electron chi connectivity index (χ1n) is 7.51. The summed E-state index contributed by atoms with van der Waals surface area (Å²) in [4.78, 5) is 23.2. The molecule has 1 N–H and O–H groups in total. The molecule has 2 aromatic carbocycles. The molecule has 134 valence electrons. The number of halogens is 2. The molecule has 0 saturated carbocycles. The molecular formula is C17H12Cl2N2O4S. The first kappa shape index (κ1) is 18.4. The molecule has 0 radical (unpaired) electrons. The first-order chi connectivity index (χ1) is 12.4. The third-order valence-corrected chi connectivity index (χ3v) is 5.37. The number of thiophene rings is 1. The largest absolute Gasteiger partial charge is 0.462 e. The minimum atomic E-state index is -0.568. The number of nitrogens with one attached hydrogen (secondary N) is 1. The number of carbonyl (C=O) groups is 1. The number of esters is 1. The van der Waals surface area contributed by atoms with Gasteiger partial charge in [0.25, 0.3) is 5.69 Å². The highest BCUT2D eigenvalue weighted by atomic mass is 35.5. The van der Waals surface area contributed by atoms with Crippen LogP contribution in [0, 0.1) is 10.1 Å². The number of benzene rings is 2. The van der Waals surface area contributed by atoms with Crippen LogP contribution in [0.25, 0.3) is 10.1 Å². The second kappa shape index (κ2) is 7.49. The van der Waals surface area contributed by atoms with Crippen molar-refractivity contribution in [3.05, 3.63) is 62.1 Å². The smallest absolute Gasteiger partial charge is 0.341 e. The average Bonchev–Trinajstić information content (AvgIpc) is 2.95. The van der Waals surface area contributed by atoms with Gasteiger partial charge in [-0.25, -0.2) is 4.79 Å². The van der Waals surface area contributed by atoms with Crippen molar-refractivity contribution in [3.63, 3.8) is 0 Å². The predicted octanol–water partition coefficient (Wildman–Crippen LogP) is 6.04. The monoisotopic (exact) mass is 410 g/mol. The fraction of sp³-hybridized carbons (Fsp3) is 0.118. The fourth-order valence-corrected chi connectivity index (χ4v) is 3.87. The number of hydrogen-bond acceptors (Lipinski definition) is 6. The molecule has 0 unspecified atom stereocenters. The van der Waals surface area contributed by atoms with Gasteiger partial charge in [-0.3, -0.25) is 10.1 Å². The van der Waals surface area contributed by atoms with Gasteiger partial charge in [-0.1, -0.05) is 41.4 Å². The molecule has 0 amide bonds. The van der Waals surface area contributed by atoms with Gasteiger partial charge in [-0.05, 0) is 19.1 Å². The lowest BCUT2D eigenvalue weighted by molar-refractivity contribution is -0.383. The summed E-state index contributed by atoms with van der Waals surface area (Å²) in [6.45, 7) is 1.93. The Bertz CT molecular complexity index is 1020. The maximum absolute atomic E-state index is 12.4. The zero-order valence-electron chi connectivity index (χ0n) is 13.4. The van der Waals surface area contributed by atoms with Gasteiger partial charge < -0.3 is 10.1 Å². The van der Waals surface area contributed by atoms with Crippen LogP contribution in [-0.2, 0) is 4.74 Å². The van der Waals surface area contributed by atoms with Crippen LogP contribution in [0.3, 0.4) is 0 Å². The van der Waals surface area contributed by atoms with Gasteiger partial charge in [-0.2, -0.15) is 0 Å². The van der Waals surface area contributed by atoms with E-state index in [9.17, 15) is 14.9 Å². The molecule has 0 aliphatic rings. The van der Waals surface area contributed by atoms with E-state index < -0.39 is 10.9 Å². The Balaban J connectivity index is 2.15. The first-order valence-corrected chi connectivity index (χ1v) is 9.08. The number of hydrogen-bond donors (Lipinski definition) is 1. The molecule has 3 aromatic rings. The number of fused-ring (bicyclic) bond motifs is 1. The van der Waals surface area contributed by atoms with Crippen LogP contribution in [0.5, 0.6) is 0 Å². The minimum absolute atomic E-state index is 0.0749. The van der Waals surface area contributed by atoms with Gasteiger partial charge in [0.15, 0.2) is 0 Å². The fourth-order valence-electron chi connectivity index (χ4n) is 2.45. The van der Waals surface area contributed by atoms with Crippen LogP contribution < -0.4 is 5.32 Å². The van der Waals surface area contributed by atoms with E-state index in [2.05, 4.69) is 5.32 Å². The van der Waals surface area contributed by atoms with E-state index in [4.69, 9.17) is 27.9 Å². The van der Waals surface area contributed by atoms with Crippen LogP contribution in [0.4, 0.5) is 16.4 Å². The Morgan fingerprint density at radius 2 is 1.96 bits per heavy atom. The molecular weight excluding hydrogens is 399 g/mol. The molecule has 6 nitrogen and oxygen atoms in total. The summed E-state index contributed by atoms with van der Waals surface area (Å²) in [5.74, 6) is -0.504. The molecule has 0 aliphatic carbocycles. The van der Waals surface area contributed by atoms with E-state index in [0.29, 0.717) is 16.0 Å². The molecule has 0 fully saturated rings. The molecule has 0 aliphatic heterocycles. The standard InChI is InChI=1S/C17H12Cl2N2O4S/c1-2-25-17(22)15-9-5-3-4-6-14(9)26-16(15)20-12-7-10(18)11(19)8-13(12)21(23)24/h3-8,20H,2H2,1H3. The molecule has 1 aromatic heterocycles. The van der Waals surface area contributed by atoms with E-state index in [-0.39, 0.29) is 28.0 Å². The van der Waals surface area contributed by atoms with Gasteiger partial charge in [0.05, 0.1) is 21.6 Å². The van der Waals surface area contributed by atoms with E-state index >= 15 is 0 Å². The van der Waals surface area contributed by atoms with Gasteiger partial charge >= 0.3 is 5.97 Å². The second-order valence-electron chi connectivity index (χ2n) is 5.19. The molecule has 0 saturated heterocycles. The van der Waals surface area contributed by atoms with Crippen LogP contribution in [0.2, 0.25) is 10.0 Å². The van der Waals surface area contributed by atoms with Gasteiger partial charge in [0.2, 0.25) is 0 Å². The summed E-state index contributed by atoms with van der Waals surface area (Å²) >= 11 is 13.2. The lowest BCUT2D eigenvalue weighted by Gasteiger charge is -2.09. The van der Waals surface area contributed by atoms with Crippen LogP contribution in [-0.4, -0.2) is 17.5 Å².